The summed E-state index contributed by atoms with van der Waals surface area (Å²) in [6, 6.07) is 13.9. The number of carbonyl (C=O) groups is 1. The fourth-order valence-electron chi connectivity index (χ4n) is 3.78. The van der Waals surface area contributed by atoms with Crippen LogP contribution in [0.5, 0.6) is 0 Å². The molecule has 1 aliphatic rings. The van der Waals surface area contributed by atoms with Crippen molar-refractivity contribution in [2.24, 2.45) is 0 Å². The van der Waals surface area contributed by atoms with Crippen LogP contribution in [0.25, 0.3) is 11.5 Å². The molecule has 0 unspecified atom stereocenters. The highest BCUT2D eigenvalue weighted by molar-refractivity contribution is 5.79. The SMILES string of the molecule is Cc1ccccc1CC(=O)N1CCN(c2nc(-c3ccccn3)nc(C)c2C)CC1. The van der Waals surface area contributed by atoms with E-state index in [0.717, 1.165) is 41.4 Å². The van der Waals surface area contributed by atoms with Gasteiger partial charge in [0.05, 0.1) is 6.42 Å². The fourth-order valence-corrected chi connectivity index (χ4v) is 3.78. The minimum Gasteiger partial charge on any atom is -0.353 e. The minimum atomic E-state index is 0.189. The maximum atomic E-state index is 12.8. The van der Waals surface area contributed by atoms with E-state index >= 15 is 0 Å². The highest BCUT2D eigenvalue weighted by Gasteiger charge is 2.24. The van der Waals surface area contributed by atoms with Crippen LogP contribution < -0.4 is 4.90 Å². The molecule has 6 nitrogen and oxygen atoms in total. The topological polar surface area (TPSA) is 62.2 Å². The van der Waals surface area contributed by atoms with E-state index in [1.807, 2.05) is 48.2 Å². The van der Waals surface area contributed by atoms with Crippen LogP contribution in [-0.2, 0) is 11.2 Å². The van der Waals surface area contributed by atoms with Gasteiger partial charge in [-0.2, -0.15) is 0 Å². The lowest BCUT2D eigenvalue weighted by atomic mass is 10.1. The van der Waals surface area contributed by atoms with Crippen molar-refractivity contribution in [1.29, 1.82) is 0 Å². The molecule has 3 heterocycles. The third kappa shape index (κ3) is 4.17. The molecule has 0 saturated carbocycles. The Morgan fingerprint density at radius 3 is 2.37 bits per heavy atom. The molecule has 0 spiro atoms. The van der Waals surface area contributed by atoms with Crippen LogP contribution in [0.3, 0.4) is 0 Å². The minimum absolute atomic E-state index is 0.189. The second kappa shape index (κ2) is 8.61. The molecule has 3 aromatic rings. The fraction of sp³-hybridized carbons (Fsp3) is 0.333. The van der Waals surface area contributed by atoms with Gasteiger partial charge in [-0.25, -0.2) is 9.97 Å². The van der Waals surface area contributed by atoms with Gasteiger partial charge in [0, 0.05) is 43.6 Å². The molecule has 0 N–H and O–H groups in total. The molecule has 0 radical (unpaired) electrons. The van der Waals surface area contributed by atoms with Crippen LogP contribution >= 0.6 is 0 Å². The number of aryl methyl sites for hydroxylation is 2. The molecule has 1 amide bonds. The Balaban J connectivity index is 1.47. The molecule has 6 heteroatoms. The van der Waals surface area contributed by atoms with Gasteiger partial charge in [-0.15, -0.1) is 0 Å². The summed E-state index contributed by atoms with van der Waals surface area (Å²) in [5.41, 5.74) is 5.08. The summed E-state index contributed by atoms with van der Waals surface area (Å²) in [4.78, 5) is 30.9. The lowest BCUT2D eigenvalue weighted by Crippen LogP contribution is -2.49. The van der Waals surface area contributed by atoms with Crippen LogP contribution in [0.4, 0.5) is 5.82 Å². The first-order valence-electron chi connectivity index (χ1n) is 10.4. The zero-order valence-corrected chi connectivity index (χ0v) is 17.8. The number of rotatable bonds is 4. The van der Waals surface area contributed by atoms with Gasteiger partial charge in [-0.05, 0) is 44.0 Å². The number of benzene rings is 1. The molecular formula is C24H27N5O. The molecule has 1 saturated heterocycles. The van der Waals surface area contributed by atoms with Gasteiger partial charge < -0.3 is 9.80 Å². The Hall–Kier alpha value is -3.28. The smallest absolute Gasteiger partial charge is 0.227 e. The number of nitrogens with zero attached hydrogens (tertiary/aromatic N) is 5. The van der Waals surface area contributed by atoms with E-state index < -0.39 is 0 Å². The van der Waals surface area contributed by atoms with Gasteiger partial charge in [0.1, 0.15) is 11.5 Å². The van der Waals surface area contributed by atoms with Crippen molar-refractivity contribution < 1.29 is 4.79 Å². The maximum Gasteiger partial charge on any atom is 0.227 e. The van der Waals surface area contributed by atoms with Crippen LogP contribution in [0.1, 0.15) is 22.4 Å². The molecule has 0 bridgehead atoms. The molecule has 1 aliphatic heterocycles. The van der Waals surface area contributed by atoms with Crippen molar-refractivity contribution in [3.05, 3.63) is 71.0 Å². The quantitative estimate of drug-likeness (QED) is 0.671. The Labute approximate surface area is 177 Å². The van der Waals surface area contributed by atoms with Crippen LogP contribution in [0.2, 0.25) is 0 Å². The molecule has 0 aliphatic carbocycles. The number of aromatic nitrogens is 3. The lowest BCUT2D eigenvalue weighted by molar-refractivity contribution is -0.130. The van der Waals surface area contributed by atoms with Gasteiger partial charge in [-0.3, -0.25) is 9.78 Å². The second-order valence-corrected chi connectivity index (χ2v) is 7.77. The average molecular weight is 402 g/mol. The Morgan fingerprint density at radius 1 is 0.933 bits per heavy atom. The zero-order chi connectivity index (χ0) is 21.1. The van der Waals surface area contributed by atoms with Gasteiger partial charge in [-0.1, -0.05) is 30.3 Å². The largest absolute Gasteiger partial charge is 0.353 e. The van der Waals surface area contributed by atoms with E-state index in [9.17, 15) is 4.79 Å². The van der Waals surface area contributed by atoms with E-state index in [1.54, 1.807) is 6.20 Å². The van der Waals surface area contributed by atoms with Gasteiger partial charge in [0.25, 0.3) is 0 Å². The second-order valence-electron chi connectivity index (χ2n) is 7.77. The number of carbonyl (C=O) groups excluding carboxylic acids is 1. The van der Waals surface area contributed by atoms with Crippen molar-refractivity contribution in [3.63, 3.8) is 0 Å². The number of piperazine rings is 1. The summed E-state index contributed by atoms with van der Waals surface area (Å²) in [6.45, 7) is 9.05. The van der Waals surface area contributed by atoms with E-state index in [2.05, 4.69) is 34.8 Å². The number of hydrogen-bond donors (Lipinski definition) is 0. The zero-order valence-electron chi connectivity index (χ0n) is 17.8. The molecule has 2 aromatic heterocycles. The molecule has 4 rings (SSSR count). The maximum absolute atomic E-state index is 12.8. The monoisotopic (exact) mass is 401 g/mol. The predicted octanol–water partition coefficient (Wildman–Crippen LogP) is 3.36. The molecule has 154 valence electrons. The number of hydrogen-bond acceptors (Lipinski definition) is 5. The number of pyridine rings is 1. The van der Waals surface area contributed by atoms with Crippen molar-refractivity contribution >= 4 is 11.7 Å². The summed E-state index contributed by atoms with van der Waals surface area (Å²) in [5.74, 6) is 1.77. The van der Waals surface area contributed by atoms with E-state index in [0.29, 0.717) is 25.3 Å². The highest BCUT2D eigenvalue weighted by Crippen LogP contribution is 2.24. The van der Waals surface area contributed by atoms with Crippen molar-refractivity contribution in [1.82, 2.24) is 19.9 Å². The summed E-state index contributed by atoms with van der Waals surface area (Å²) >= 11 is 0. The third-order valence-electron chi connectivity index (χ3n) is 5.79. The first-order valence-corrected chi connectivity index (χ1v) is 10.4. The van der Waals surface area contributed by atoms with Crippen LogP contribution in [0, 0.1) is 20.8 Å². The average Bonchev–Trinajstić information content (AvgIpc) is 2.78. The first-order chi connectivity index (χ1) is 14.5. The summed E-state index contributed by atoms with van der Waals surface area (Å²) < 4.78 is 0. The van der Waals surface area contributed by atoms with Gasteiger partial charge >= 0.3 is 0 Å². The number of amides is 1. The molecule has 0 atom stereocenters. The highest BCUT2D eigenvalue weighted by atomic mass is 16.2. The lowest BCUT2D eigenvalue weighted by Gasteiger charge is -2.36. The van der Waals surface area contributed by atoms with Crippen molar-refractivity contribution in [2.45, 2.75) is 27.2 Å². The van der Waals surface area contributed by atoms with Crippen LogP contribution in [-0.4, -0.2) is 51.9 Å². The number of anilines is 1. The Bertz CT molecular complexity index is 1040. The van der Waals surface area contributed by atoms with Gasteiger partial charge in [0.15, 0.2) is 5.82 Å². The van der Waals surface area contributed by atoms with Crippen LogP contribution in [0.15, 0.2) is 48.7 Å². The Kier molecular flexibility index (Phi) is 5.74. The van der Waals surface area contributed by atoms with Crippen molar-refractivity contribution in [2.75, 3.05) is 31.1 Å². The summed E-state index contributed by atoms with van der Waals surface area (Å²) in [7, 11) is 0. The van der Waals surface area contributed by atoms with E-state index in [-0.39, 0.29) is 5.91 Å². The van der Waals surface area contributed by atoms with Crippen molar-refractivity contribution in [3.8, 4) is 11.5 Å². The molecule has 1 aromatic carbocycles. The predicted molar refractivity (Wildman–Crippen MR) is 118 cm³/mol. The summed E-state index contributed by atoms with van der Waals surface area (Å²) in [5, 5.41) is 0. The Morgan fingerprint density at radius 2 is 1.67 bits per heavy atom. The first kappa shape index (κ1) is 20.0. The molecular weight excluding hydrogens is 374 g/mol. The third-order valence-corrected chi connectivity index (χ3v) is 5.79. The van der Waals surface area contributed by atoms with E-state index in [1.165, 1.54) is 5.56 Å². The molecule has 1 fully saturated rings. The van der Waals surface area contributed by atoms with E-state index in [4.69, 9.17) is 4.98 Å². The standard InChI is InChI=1S/C24H27N5O/c1-17-8-4-5-9-20(17)16-22(30)28-12-14-29(15-13-28)24-18(2)19(3)26-23(27-24)21-10-6-7-11-25-21/h4-11H,12-16H2,1-3H3. The molecule has 30 heavy (non-hydrogen) atoms. The summed E-state index contributed by atoms with van der Waals surface area (Å²) in [6.07, 6.45) is 2.22. The van der Waals surface area contributed by atoms with Gasteiger partial charge in [0.2, 0.25) is 5.91 Å². The normalized spacial score (nSPS) is 14.1.